The van der Waals surface area contributed by atoms with Crippen LogP contribution in [0.3, 0.4) is 0 Å². The number of nitrogens with zero attached hydrogens (tertiary/aromatic N) is 1. The molecule has 0 aliphatic heterocycles. The summed E-state index contributed by atoms with van der Waals surface area (Å²) < 4.78 is 0. The fourth-order valence-electron chi connectivity index (χ4n) is 0.224. The van der Waals surface area contributed by atoms with Crippen molar-refractivity contribution in [3.05, 3.63) is 0 Å². The van der Waals surface area contributed by atoms with Gasteiger partial charge in [0.25, 0.3) is 0 Å². The molecule has 0 rings (SSSR count). The highest BCUT2D eigenvalue weighted by molar-refractivity contribution is 5.72. The molecule has 0 spiro atoms. The van der Waals surface area contributed by atoms with Crippen LogP contribution in [-0.4, -0.2) is 32.1 Å². The molecule has 3 nitrogen and oxygen atoms in total. The van der Waals surface area contributed by atoms with Crippen LogP contribution in [0, 0.1) is 0 Å². The van der Waals surface area contributed by atoms with Crippen molar-refractivity contribution in [1.82, 2.24) is 10.2 Å². The molecule has 0 fully saturated rings. The van der Waals surface area contributed by atoms with E-state index in [1.54, 1.807) is 21.1 Å². The third-order valence-electron chi connectivity index (χ3n) is 0.620. The van der Waals surface area contributed by atoms with E-state index in [9.17, 15) is 4.79 Å². The Balaban J connectivity index is -0.000000137. The lowest BCUT2D eigenvalue weighted by Crippen LogP contribution is -2.31. The lowest BCUT2D eigenvalue weighted by molar-refractivity contribution is 0.219. The monoisotopic (exact) mass is 176 g/mol. The minimum Gasteiger partial charge on any atom is -0.341 e. The molecule has 0 saturated carbocycles. The van der Waals surface area contributed by atoms with Gasteiger partial charge in [0.05, 0.1) is 0 Å². The molecule has 3 heteroatoms. The third-order valence-corrected chi connectivity index (χ3v) is 0.620. The van der Waals surface area contributed by atoms with E-state index < -0.39 is 0 Å². The topological polar surface area (TPSA) is 32.3 Å². The van der Waals surface area contributed by atoms with Crippen molar-refractivity contribution in [2.75, 3.05) is 21.1 Å². The van der Waals surface area contributed by atoms with Crippen LogP contribution in [0.2, 0.25) is 0 Å². The minimum atomic E-state index is -0.0694. The van der Waals surface area contributed by atoms with Gasteiger partial charge in [0.15, 0.2) is 0 Å². The summed E-state index contributed by atoms with van der Waals surface area (Å²) in [5.74, 6) is 0. The molecule has 1 N–H and O–H groups in total. The highest BCUT2D eigenvalue weighted by atomic mass is 16.2. The third kappa shape index (κ3) is 22.8. The molecule has 0 saturated heterocycles. The summed E-state index contributed by atoms with van der Waals surface area (Å²) in [5, 5.41) is 2.45. The van der Waals surface area contributed by atoms with Crippen LogP contribution in [0.5, 0.6) is 0 Å². The van der Waals surface area contributed by atoms with Gasteiger partial charge < -0.3 is 10.2 Å². The predicted molar refractivity (Wildman–Crippen MR) is 55.5 cm³/mol. The lowest BCUT2D eigenvalue weighted by Gasteiger charge is -2.06. The predicted octanol–water partition coefficient (Wildman–Crippen LogP) is 2.33. The number of hydrogen-bond acceptors (Lipinski definition) is 1. The van der Waals surface area contributed by atoms with E-state index in [-0.39, 0.29) is 6.03 Å². The Morgan fingerprint density at radius 2 is 1.50 bits per heavy atom. The normalized spacial score (nSPS) is 6.58. The number of amides is 2. The number of carbonyl (C=O) groups is 1. The molecule has 0 heterocycles. The first kappa shape index (κ1) is 17.4. The molecule has 76 valence electrons. The summed E-state index contributed by atoms with van der Waals surface area (Å²) in [6.45, 7) is 8.25. The second-order valence-corrected chi connectivity index (χ2v) is 2.16. The van der Waals surface area contributed by atoms with Gasteiger partial charge in [-0.15, -0.1) is 0 Å². The first-order valence-corrected chi connectivity index (χ1v) is 4.49. The average Bonchev–Trinajstić information content (AvgIpc) is 2.08. The van der Waals surface area contributed by atoms with Crippen molar-refractivity contribution >= 4 is 6.03 Å². The van der Waals surface area contributed by atoms with Crippen molar-refractivity contribution in [3.63, 3.8) is 0 Å². The Bertz CT molecular complexity index is 82.6. The molecule has 0 bridgehead atoms. The minimum absolute atomic E-state index is 0.0694. The number of rotatable bonds is 0. The Kier molecular flexibility index (Phi) is 24.2. The highest BCUT2D eigenvalue weighted by Gasteiger charge is 1.94. The molecule has 0 aromatic carbocycles. The Labute approximate surface area is 77.1 Å². The fraction of sp³-hybridized carbons (Fsp3) is 0.889. The highest BCUT2D eigenvalue weighted by Crippen LogP contribution is 1.70. The van der Waals surface area contributed by atoms with Crippen molar-refractivity contribution in [2.24, 2.45) is 0 Å². The van der Waals surface area contributed by atoms with E-state index >= 15 is 0 Å². The average molecular weight is 176 g/mol. The number of urea groups is 1. The van der Waals surface area contributed by atoms with Crippen LogP contribution in [0.4, 0.5) is 4.79 Å². The van der Waals surface area contributed by atoms with E-state index in [2.05, 4.69) is 19.2 Å². The molecular formula is C9H24N2O. The molecule has 0 aliphatic carbocycles. The Morgan fingerprint density at radius 3 is 1.50 bits per heavy atom. The number of nitrogens with one attached hydrogen (secondary N) is 1. The molecular weight excluding hydrogens is 152 g/mol. The molecule has 0 aliphatic rings. The van der Waals surface area contributed by atoms with Gasteiger partial charge in [-0.2, -0.15) is 0 Å². The second-order valence-electron chi connectivity index (χ2n) is 2.16. The molecule has 2 amide bonds. The van der Waals surface area contributed by atoms with Gasteiger partial charge in [-0.25, -0.2) is 4.79 Å². The number of hydrogen-bond donors (Lipinski definition) is 1. The smallest absolute Gasteiger partial charge is 0.316 e. The van der Waals surface area contributed by atoms with Gasteiger partial charge in [-0.1, -0.05) is 34.1 Å². The van der Waals surface area contributed by atoms with Gasteiger partial charge in [-0.05, 0) is 0 Å². The summed E-state index contributed by atoms with van der Waals surface area (Å²) in [6.07, 6.45) is 1.25. The molecule has 0 atom stereocenters. The van der Waals surface area contributed by atoms with Gasteiger partial charge >= 0.3 is 6.03 Å². The summed E-state index contributed by atoms with van der Waals surface area (Å²) in [7, 11) is 4.99. The van der Waals surface area contributed by atoms with E-state index in [0.29, 0.717) is 0 Å². The van der Waals surface area contributed by atoms with Crippen molar-refractivity contribution < 1.29 is 4.79 Å². The van der Waals surface area contributed by atoms with Crippen LogP contribution in [-0.2, 0) is 0 Å². The zero-order valence-corrected chi connectivity index (χ0v) is 9.56. The summed E-state index contributed by atoms with van der Waals surface area (Å²) >= 11 is 0. The maximum atomic E-state index is 10.3. The van der Waals surface area contributed by atoms with E-state index in [4.69, 9.17) is 0 Å². The number of carbonyl (C=O) groups excluding carboxylic acids is 1. The van der Waals surface area contributed by atoms with Gasteiger partial charge in [0.2, 0.25) is 0 Å². The maximum absolute atomic E-state index is 10.3. The molecule has 0 aromatic heterocycles. The SMILES string of the molecule is CC.CCC.CNC(=O)N(C)C. The van der Waals surface area contributed by atoms with Crippen LogP contribution < -0.4 is 5.32 Å². The van der Waals surface area contributed by atoms with Gasteiger partial charge in [0.1, 0.15) is 0 Å². The molecule has 0 aromatic rings. The molecule has 12 heavy (non-hydrogen) atoms. The largest absolute Gasteiger partial charge is 0.341 e. The Morgan fingerprint density at radius 1 is 1.25 bits per heavy atom. The van der Waals surface area contributed by atoms with Crippen molar-refractivity contribution in [1.29, 1.82) is 0 Å². The van der Waals surface area contributed by atoms with E-state index in [0.717, 1.165) is 0 Å². The van der Waals surface area contributed by atoms with Crippen molar-refractivity contribution in [2.45, 2.75) is 34.1 Å². The fourth-order valence-corrected chi connectivity index (χ4v) is 0.224. The second kappa shape index (κ2) is 16.7. The van der Waals surface area contributed by atoms with Gasteiger partial charge in [-0.3, -0.25) is 0 Å². The maximum Gasteiger partial charge on any atom is 0.316 e. The summed E-state index contributed by atoms with van der Waals surface area (Å²) in [4.78, 5) is 11.8. The quantitative estimate of drug-likeness (QED) is 0.603. The van der Waals surface area contributed by atoms with Crippen LogP contribution in [0.25, 0.3) is 0 Å². The first-order chi connectivity index (χ1) is 5.59. The van der Waals surface area contributed by atoms with Crippen LogP contribution >= 0.6 is 0 Å². The van der Waals surface area contributed by atoms with E-state index in [1.165, 1.54) is 11.3 Å². The lowest BCUT2D eigenvalue weighted by atomic mass is 10.6. The van der Waals surface area contributed by atoms with Crippen molar-refractivity contribution in [3.8, 4) is 0 Å². The molecule has 0 radical (unpaired) electrons. The summed E-state index contributed by atoms with van der Waals surface area (Å²) in [5.41, 5.74) is 0. The van der Waals surface area contributed by atoms with Crippen LogP contribution in [0.15, 0.2) is 0 Å². The Hall–Kier alpha value is -0.730. The van der Waals surface area contributed by atoms with Gasteiger partial charge in [0, 0.05) is 21.1 Å². The first-order valence-electron chi connectivity index (χ1n) is 4.49. The zero-order valence-electron chi connectivity index (χ0n) is 9.56. The molecule has 0 unspecified atom stereocenters. The summed E-state index contributed by atoms with van der Waals surface area (Å²) in [6, 6.07) is -0.0694. The standard InChI is InChI=1S/C4H10N2O.C3H8.C2H6/c1-5-4(7)6(2)3;1-3-2;1-2/h1-3H3,(H,5,7);3H2,1-2H3;1-2H3. The zero-order chi connectivity index (χ0) is 10.6. The van der Waals surface area contributed by atoms with E-state index in [1.807, 2.05) is 13.8 Å². The van der Waals surface area contributed by atoms with Crippen LogP contribution in [0.1, 0.15) is 34.1 Å².